The monoisotopic (exact) mass is 748 g/mol. The lowest BCUT2D eigenvalue weighted by atomic mass is 10.1. The Balaban J connectivity index is 1.21. The normalized spacial score (nSPS) is 16.7. The quantitative estimate of drug-likeness (QED) is 0.0876. The van der Waals surface area contributed by atoms with Crippen molar-refractivity contribution < 1.29 is 32.3 Å². The minimum atomic E-state index is -4.01. The van der Waals surface area contributed by atoms with Gasteiger partial charge < -0.3 is 18.9 Å². The van der Waals surface area contributed by atoms with Crippen molar-refractivity contribution in [3.05, 3.63) is 105 Å². The minimum absolute atomic E-state index is 0.0442. The first-order valence-corrected chi connectivity index (χ1v) is 19.7. The smallest absolute Gasteiger partial charge is 0.269 e. The summed E-state index contributed by atoms with van der Waals surface area (Å²) in [6.45, 7) is 2.02. The summed E-state index contributed by atoms with van der Waals surface area (Å²) in [6, 6.07) is 19.9. The minimum Gasteiger partial charge on any atom is -0.353 e. The first-order chi connectivity index (χ1) is 26.4. The third-order valence-corrected chi connectivity index (χ3v) is 10.5. The zero-order valence-corrected chi connectivity index (χ0v) is 31.1. The van der Waals surface area contributed by atoms with Crippen LogP contribution in [0.4, 0.5) is 5.69 Å². The molecular formula is C43H44N2O8S. The Morgan fingerprint density at radius 2 is 1.19 bits per heavy atom. The van der Waals surface area contributed by atoms with Crippen LogP contribution in [0.3, 0.4) is 0 Å². The van der Waals surface area contributed by atoms with Crippen LogP contribution in [0, 0.1) is 57.5 Å². The van der Waals surface area contributed by atoms with E-state index in [2.05, 4.69) is 47.4 Å². The van der Waals surface area contributed by atoms with E-state index in [1.807, 2.05) is 48.5 Å². The van der Waals surface area contributed by atoms with Crippen molar-refractivity contribution in [2.24, 2.45) is 0 Å². The van der Waals surface area contributed by atoms with Crippen LogP contribution in [0.15, 0.2) is 77.7 Å². The summed E-state index contributed by atoms with van der Waals surface area (Å²) in [5, 5.41) is 11.2. The Kier molecular flexibility index (Phi) is 16.2. The predicted octanol–water partition coefficient (Wildman–Crippen LogP) is 6.65. The molecule has 0 aromatic heterocycles. The average molecular weight is 749 g/mol. The molecule has 2 atom stereocenters. The molecule has 2 heterocycles. The van der Waals surface area contributed by atoms with E-state index >= 15 is 0 Å². The zero-order chi connectivity index (χ0) is 37.9. The number of non-ortho nitro benzene ring substituents is 1. The van der Waals surface area contributed by atoms with E-state index in [0.29, 0.717) is 37.0 Å². The SMILES string of the molecule is O=[N+]([O-])c1ccc(S(=O)(=O)N(CC#Cc2ccccc2C#CCOC2CCCCO2)CCCCC#Cc2ccccc2C#CCOC2CCCCO2)cc1. The van der Waals surface area contributed by atoms with Crippen molar-refractivity contribution >= 4 is 15.7 Å². The maximum atomic E-state index is 13.8. The Labute approximate surface area is 318 Å². The number of sulfonamides is 1. The van der Waals surface area contributed by atoms with Gasteiger partial charge in [-0.25, -0.2) is 8.42 Å². The summed E-state index contributed by atoms with van der Waals surface area (Å²) >= 11 is 0. The van der Waals surface area contributed by atoms with Gasteiger partial charge in [-0.3, -0.25) is 10.1 Å². The molecule has 2 aliphatic heterocycles. The summed E-state index contributed by atoms with van der Waals surface area (Å²) in [4.78, 5) is 10.6. The lowest BCUT2D eigenvalue weighted by Crippen LogP contribution is -2.32. The fourth-order valence-electron chi connectivity index (χ4n) is 5.67. The molecule has 2 unspecified atom stereocenters. The molecule has 10 nitrogen and oxygen atoms in total. The summed E-state index contributed by atoms with van der Waals surface area (Å²) in [5.41, 5.74) is 2.80. The molecule has 3 aromatic carbocycles. The fraction of sp³-hybridized carbons (Fsp3) is 0.395. The number of hydrogen-bond acceptors (Lipinski definition) is 8. The topological polar surface area (TPSA) is 117 Å². The molecule has 0 bridgehead atoms. The maximum Gasteiger partial charge on any atom is 0.269 e. The van der Waals surface area contributed by atoms with Crippen LogP contribution >= 0.6 is 0 Å². The highest BCUT2D eigenvalue weighted by Gasteiger charge is 2.24. The molecule has 11 heteroatoms. The van der Waals surface area contributed by atoms with E-state index in [4.69, 9.17) is 18.9 Å². The molecule has 5 rings (SSSR count). The molecule has 3 aromatic rings. The molecular weight excluding hydrogens is 705 g/mol. The predicted molar refractivity (Wildman–Crippen MR) is 205 cm³/mol. The van der Waals surface area contributed by atoms with Crippen molar-refractivity contribution in [2.75, 3.05) is 39.5 Å². The van der Waals surface area contributed by atoms with E-state index in [9.17, 15) is 18.5 Å². The van der Waals surface area contributed by atoms with Gasteiger partial charge in [-0.05, 0) is 87.8 Å². The van der Waals surface area contributed by atoms with E-state index in [0.717, 1.165) is 56.3 Å². The number of nitro benzene ring substituents is 1. The van der Waals surface area contributed by atoms with Crippen LogP contribution in [-0.2, 0) is 29.0 Å². The van der Waals surface area contributed by atoms with Crippen molar-refractivity contribution in [1.29, 1.82) is 0 Å². The number of nitrogens with zero attached hydrogens (tertiary/aromatic N) is 2. The third kappa shape index (κ3) is 12.9. The summed E-state index contributed by atoms with van der Waals surface area (Å²) < 4.78 is 51.4. The van der Waals surface area contributed by atoms with E-state index in [1.54, 1.807) is 0 Å². The number of nitro groups is 1. The molecule has 0 N–H and O–H groups in total. The van der Waals surface area contributed by atoms with Crippen LogP contribution in [0.2, 0.25) is 0 Å². The summed E-state index contributed by atoms with van der Waals surface area (Å²) in [6.07, 6.45) is 7.30. The molecule has 0 aliphatic carbocycles. The maximum absolute atomic E-state index is 13.8. The lowest BCUT2D eigenvalue weighted by Gasteiger charge is -2.21. The molecule has 0 saturated carbocycles. The second kappa shape index (κ2) is 21.7. The average Bonchev–Trinajstić information content (AvgIpc) is 3.20. The van der Waals surface area contributed by atoms with Gasteiger partial charge in [0.25, 0.3) is 5.69 Å². The first kappa shape index (κ1) is 40.2. The Morgan fingerprint density at radius 3 is 1.67 bits per heavy atom. The van der Waals surface area contributed by atoms with Gasteiger partial charge in [0.1, 0.15) is 13.2 Å². The number of hydrogen-bond donors (Lipinski definition) is 0. The zero-order valence-electron chi connectivity index (χ0n) is 30.3. The van der Waals surface area contributed by atoms with Gasteiger partial charge >= 0.3 is 0 Å². The second-order valence-electron chi connectivity index (χ2n) is 12.6. The van der Waals surface area contributed by atoms with Crippen LogP contribution < -0.4 is 0 Å². The second-order valence-corrected chi connectivity index (χ2v) is 14.5. The first-order valence-electron chi connectivity index (χ1n) is 18.2. The van der Waals surface area contributed by atoms with Crippen molar-refractivity contribution in [3.8, 4) is 47.4 Å². The highest BCUT2D eigenvalue weighted by Crippen LogP contribution is 2.21. The molecule has 0 radical (unpaired) electrons. The van der Waals surface area contributed by atoms with E-state index in [-0.39, 0.29) is 49.5 Å². The fourth-order valence-corrected chi connectivity index (χ4v) is 7.06. The van der Waals surface area contributed by atoms with Crippen molar-refractivity contribution in [2.45, 2.75) is 75.3 Å². The molecule has 280 valence electrons. The van der Waals surface area contributed by atoms with E-state index in [1.165, 1.54) is 28.6 Å². The Bertz CT molecular complexity index is 2060. The van der Waals surface area contributed by atoms with Crippen LogP contribution in [0.25, 0.3) is 0 Å². The Hall–Kier alpha value is -4.95. The van der Waals surface area contributed by atoms with Gasteiger partial charge in [-0.15, -0.1) is 0 Å². The van der Waals surface area contributed by atoms with Crippen LogP contribution in [0.5, 0.6) is 0 Å². The molecule has 2 saturated heterocycles. The largest absolute Gasteiger partial charge is 0.353 e. The molecule has 0 amide bonds. The summed E-state index contributed by atoms with van der Waals surface area (Å²) in [5.74, 6) is 24.8. The molecule has 54 heavy (non-hydrogen) atoms. The Morgan fingerprint density at radius 1 is 0.685 bits per heavy atom. The van der Waals surface area contributed by atoms with Crippen LogP contribution in [0.1, 0.15) is 80.0 Å². The van der Waals surface area contributed by atoms with Crippen molar-refractivity contribution in [3.63, 3.8) is 0 Å². The lowest BCUT2D eigenvalue weighted by molar-refractivity contribution is -0.384. The number of rotatable bonds is 12. The molecule has 2 aliphatic rings. The van der Waals surface area contributed by atoms with Gasteiger partial charge in [0.05, 0.1) is 16.4 Å². The van der Waals surface area contributed by atoms with Gasteiger partial charge in [-0.2, -0.15) is 4.31 Å². The van der Waals surface area contributed by atoms with Gasteiger partial charge in [-0.1, -0.05) is 71.6 Å². The highest BCUT2D eigenvalue weighted by molar-refractivity contribution is 7.89. The number of unbranched alkanes of at least 4 members (excludes halogenated alkanes) is 2. The molecule has 2 fully saturated rings. The van der Waals surface area contributed by atoms with Crippen LogP contribution in [-0.4, -0.2) is 69.7 Å². The van der Waals surface area contributed by atoms with Crippen molar-refractivity contribution in [1.82, 2.24) is 4.31 Å². The summed E-state index contributed by atoms with van der Waals surface area (Å²) in [7, 11) is -4.01. The third-order valence-electron chi connectivity index (χ3n) is 8.60. The van der Waals surface area contributed by atoms with Gasteiger partial charge in [0.2, 0.25) is 10.0 Å². The molecule has 0 spiro atoms. The standard InChI is InChI=1S/C43H44N2O8S/c46-45(47)40-26-28-41(29-27-40)54(48,49)44(31-13-21-37-18-5-7-20-39(37)23-15-35-53-43-25-9-12-33-51-43)30-10-2-1-3-16-36-17-4-6-19-38(36)22-14-34-52-42-24-8-11-32-50-42/h4-7,17-20,26-29,42-43H,1-2,8-12,24-25,30-35H2. The number of ether oxygens (including phenoxy) is 4. The van der Waals surface area contributed by atoms with Gasteiger partial charge in [0.15, 0.2) is 12.6 Å². The van der Waals surface area contributed by atoms with E-state index < -0.39 is 14.9 Å². The van der Waals surface area contributed by atoms with Gasteiger partial charge in [0, 0.05) is 60.6 Å². The highest BCUT2D eigenvalue weighted by atomic mass is 32.2. The number of benzene rings is 3.